The van der Waals surface area contributed by atoms with Gasteiger partial charge in [-0.05, 0) is 36.8 Å². The first-order valence-electron chi connectivity index (χ1n) is 7.04. The number of rotatable bonds is 4. The highest BCUT2D eigenvalue weighted by Gasteiger charge is 2.07. The minimum absolute atomic E-state index is 0.251. The molecule has 0 aliphatic carbocycles. The molecule has 0 saturated carbocycles. The number of H-pyrrole nitrogens is 1. The molecule has 3 heterocycles. The van der Waals surface area contributed by atoms with Gasteiger partial charge in [0.15, 0.2) is 0 Å². The van der Waals surface area contributed by atoms with E-state index < -0.39 is 0 Å². The summed E-state index contributed by atoms with van der Waals surface area (Å²) in [6.07, 6.45) is 3.62. The van der Waals surface area contributed by atoms with E-state index in [1.54, 1.807) is 22.8 Å². The molecule has 8 heteroatoms. The number of nitrogens with one attached hydrogen (secondary N) is 2. The molecule has 0 atom stereocenters. The summed E-state index contributed by atoms with van der Waals surface area (Å²) in [7, 11) is 0. The van der Waals surface area contributed by atoms with Gasteiger partial charge in [-0.15, -0.1) is 5.10 Å². The van der Waals surface area contributed by atoms with Crippen LogP contribution in [0.3, 0.4) is 0 Å². The number of hydrogen-bond donors (Lipinski definition) is 2. The molecule has 4 aromatic rings. The second-order valence-electron chi connectivity index (χ2n) is 5.12. The van der Waals surface area contributed by atoms with E-state index in [4.69, 9.17) is 0 Å². The normalized spacial score (nSPS) is 11.2. The van der Waals surface area contributed by atoms with E-state index in [-0.39, 0.29) is 5.82 Å². The van der Waals surface area contributed by atoms with Gasteiger partial charge in [0, 0.05) is 0 Å². The zero-order valence-electron chi connectivity index (χ0n) is 12.2. The van der Waals surface area contributed by atoms with E-state index in [0.717, 1.165) is 32.9 Å². The summed E-state index contributed by atoms with van der Waals surface area (Å²) in [4.78, 5) is 12.8. The minimum atomic E-state index is -0.251. The molecule has 0 aliphatic heterocycles. The van der Waals surface area contributed by atoms with Crippen molar-refractivity contribution >= 4 is 21.4 Å². The average Bonchev–Trinajstić information content (AvgIpc) is 3.20. The van der Waals surface area contributed by atoms with Crippen LogP contribution in [0.1, 0.15) is 11.5 Å². The Hall–Kier alpha value is -2.74. The number of aromatic nitrogens is 5. The number of fused-ring (bicyclic) bond motifs is 1. The van der Waals surface area contributed by atoms with Crippen LogP contribution in [-0.4, -0.2) is 24.6 Å². The molecule has 0 bridgehead atoms. The fourth-order valence-corrected chi connectivity index (χ4v) is 3.09. The van der Waals surface area contributed by atoms with E-state index in [1.807, 2.05) is 13.1 Å². The SMILES string of the molecule is Cc1cn2nc(NCc3ncc(-c4ccc(F)cc4)[nH]3)sc2n1. The maximum Gasteiger partial charge on any atom is 0.214 e. The summed E-state index contributed by atoms with van der Waals surface area (Å²) >= 11 is 1.49. The van der Waals surface area contributed by atoms with E-state index >= 15 is 0 Å². The van der Waals surface area contributed by atoms with Gasteiger partial charge in [0.2, 0.25) is 10.1 Å². The van der Waals surface area contributed by atoms with Crippen molar-refractivity contribution in [2.24, 2.45) is 0 Å². The number of aryl methyl sites for hydroxylation is 1. The fraction of sp³-hybridized carbons (Fsp3) is 0.133. The van der Waals surface area contributed by atoms with Crippen molar-refractivity contribution in [1.29, 1.82) is 0 Å². The molecule has 0 spiro atoms. The first-order chi connectivity index (χ1) is 11.2. The molecule has 0 aliphatic rings. The highest BCUT2D eigenvalue weighted by molar-refractivity contribution is 7.20. The van der Waals surface area contributed by atoms with Gasteiger partial charge in [-0.3, -0.25) is 0 Å². The monoisotopic (exact) mass is 328 g/mol. The van der Waals surface area contributed by atoms with Gasteiger partial charge in [-0.25, -0.2) is 18.9 Å². The lowest BCUT2D eigenvalue weighted by Gasteiger charge is -1.99. The van der Waals surface area contributed by atoms with Crippen LogP contribution in [0.2, 0.25) is 0 Å². The molecule has 1 aromatic carbocycles. The van der Waals surface area contributed by atoms with Crippen LogP contribution in [-0.2, 0) is 6.54 Å². The molecule has 0 radical (unpaired) electrons. The summed E-state index contributed by atoms with van der Waals surface area (Å²) in [6, 6.07) is 6.30. The number of benzene rings is 1. The minimum Gasteiger partial charge on any atom is -0.353 e. The highest BCUT2D eigenvalue weighted by Crippen LogP contribution is 2.20. The molecule has 23 heavy (non-hydrogen) atoms. The third kappa shape index (κ3) is 2.80. The average molecular weight is 328 g/mol. The molecule has 116 valence electrons. The Morgan fingerprint density at radius 2 is 2.13 bits per heavy atom. The van der Waals surface area contributed by atoms with Crippen LogP contribution in [0.4, 0.5) is 9.52 Å². The molecule has 2 N–H and O–H groups in total. The molecule has 0 fully saturated rings. The number of anilines is 1. The van der Waals surface area contributed by atoms with Gasteiger partial charge < -0.3 is 10.3 Å². The second kappa shape index (κ2) is 5.47. The lowest BCUT2D eigenvalue weighted by molar-refractivity contribution is 0.628. The fourth-order valence-electron chi connectivity index (χ4n) is 2.27. The Labute approximate surface area is 135 Å². The standard InChI is InChI=1S/C15H13FN6S/c1-9-8-22-15(19-9)23-14(21-22)18-7-13-17-6-12(20-13)10-2-4-11(16)5-3-10/h2-6,8H,7H2,1H3,(H,17,20)(H,18,21). The van der Waals surface area contributed by atoms with Gasteiger partial charge in [0.25, 0.3) is 0 Å². The van der Waals surface area contributed by atoms with Crippen LogP contribution in [0.25, 0.3) is 16.2 Å². The van der Waals surface area contributed by atoms with Gasteiger partial charge in [0.05, 0.1) is 30.3 Å². The predicted octanol–water partition coefficient (Wildman–Crippen LogP) is 3.24. The van der Waals surface area contributed by atoms with E-state index in [9.17, 15) is 4.39 Å². The van der Waals surface area contributed by atoms with Crippen LogP contribution >= 0.6 is 11.3 Å². The zero-order chi connectivity index (χ0) is 15.8. The Balaban J connectivity index is 1.46. The van der Waals surface area contributed by atoms with Crippen LogP contribution in [0.5, 0.6) is 0 Å². The quantitative estimate of drug-likeness (QED) is 0.603. The smallest absolute Gasteiger partial charge is 0.214 e. The summed E-state index contributed by atoms with van der Waals surface area (Å²) < 4.78 is 14.7. The van der Waals surface area contributed by atoms with Gasteiger partial charge in [0.1, 0.15) is 11.6 Å². The van der Waals surface area contributed by atoms with E-state index in [2.05, 4.69) is 25.4 Å². The van der Waals surface area contributed by atoms with Crippen LogP contribution < -0.4 is 5.32 Å². The molecule has 0 unspecified atom stereocenters. The topological polar surface area (TPSA) is 70.9 Å². The third-order valence-electron chi connectivity index (χ3n) is 3.35. The van der Waals surface area contributed by atoms with E-state index in [1.165, 1.54) is 23.5 Å². The first kappa shape index (κ1) is 13.9. The Morgan fingerprint density at radius 3 is 2.91 bits per heavy atom. The third-order valence-corrected chi connectivity index (χ3v) is 4.23. The maximum absolute atomic E-state index is 13.0. The van der Waals surface area contributed by atoms with Crippen molar-refractivity contribution in [3.05, 3.63) is 54.0 Å². The molecular weight excluding hydrogens is 315 g/mol. The van der Waals surface area contributed by atoms with Crippen LogP contribution in [0.15, 0.2) is 36.7 Å². The van der Waals surface area contributed by atoms with Crippen molar-refractivity contribution in [2.75, 3.05) is 5.32 Å². The van der Waals surface area contributed by atoms with Crippen molar-refractivity contribution in [2.45, 2.75) is 13.5 Å². The van der Waals surface area contributed by atoms with Gasteiger partial charge in [-0.2, -0.15) is 0 Å². The van der Waals surface area contributed by atoms with Crippen molar-refractivity contribution in [3.63, 3.8) is 0 Å². The molecule has 4 rings (SSSR count). The lowest BCUT2D eigenvalue weighted by atomic mass is 10.2. The summed E-state index contributed by atoms with van der Waals surface area (Å²) in [5, 5.41) is 8.41. The van der Waals surface area contributed by atoms with Gasteiger partial charge >= 0.3 is 0 Å². The Morgan fingerprint density at radius 1 is 1.30 bits per heavy atom. The summed E-state index contributed by atoms with van der Waals surface area (Å²) in [5.41, 5.74) is 2.70. The lowest BCUT2D eigenvalue weighted by Crippen LogP contribution is -2.01. The Bertz CT molecular complexity index is 921. The van der Waals surface area contributed by atoms with Crippen molar-refractivity contribution in [3.8, 4) is 11.3 Å². The number of aromatic amines is 1. The largest absolute Gasteiger partial charge is 0.353 e. The number of hydrogen-bond acceptors (Lipinski definition) is 5. The highest BCUT2D eigenvalue weighted by atomic mass is 32.1. The Kier molecular flexibility index (Phi) is 3.30. The molecule has 6 nitrogen and oxygen atoms in total. The molecular formula is C15H13FN6S. The van der Waals surface area contributed by atoms with Crippen molar-refractivity contribution in [1.82, 2.24) is 24.6 Å². The maximum atomic E-state index is 13.0. The number of imidazole rings is 2. The molecule has 0 saturated heterocycles. The predicted molar refractivity (Wildman–Crippen MR) is 86.9 cm³/mol. The number of nitrogens with zero attached hydrogens (tertiary/aromatic N) is 4. The second-order valence-corrected chi connectivity index (χ2v) is 6.08. The van der Waals surface area contributed by atoms with Crippen LogP contribution in [0, 0.1) is 12.7 Å². The van der Waals surface area contributed by atoms with E-state index in [0.29, 0.717) is 6.54 Å². The van der Waals surface area contributed by atoms with Gasteiger partial charge in [-0.1, -0.05) is 11.3 Å². The van der Waals surface area contributed by atoms with Crippen molar-refractivity contribution < 1.29 is 4.39 Å². The zero-order valence-corrected chi connectivity index (χ0v) is 13.1. The molecule has 0 amide bonds. The first-order valence-corrected chi connectivity index (χ1v) is 7.85. The summed E-state index contributed by atoms with van der Waals surface area (Å²) in [5.74, 6) is 0.535. The molecule has 3 aromatic heterocycles. The number of halogens is 1. The summed E-state index contributed by atoms with van der Waals surface area (Å²) in [6.45, 7) is 2.46.